The monoisotopic (exact) mass is 371 g/mol. The minimum Gasteiger partial charge on any atom is -0.469 e. The Morgan fingerprint density at radius 3 is 3.07 bits per heavy atom. The summed E-state index contributed by atoms with van der Waals surface area (Å²) in [6.45, 7) is 8.84. The van der Waals surface area contributed by atoms with Crippen LogP contribution in [0.1, 0.15) is 25.2 Å². The highest BCUT2D eigenvalue weighted by atomic mass is 16.5. The van der Waals surface area contributed by atoms with Gasteiger partial charge in [0.25, 0.3) is 0 Å². The van der Waals surface area contributed by atoms with Crippen LogP contribution >= 0.6 is 0 Å². The number of pyridine rings is 1. The molecular weight excluding hydrogens is 342 g/mol. The molecule has 0 bridgehead atoms. The fourth-order valence-corrected chi connectivity index (χ4v) is 3.03. The van der Waals surface area contributed by atoms with Crippen molar-refractivity contribution in [2.24, 2.45) is 4.99 Å². The zero-order valence-electron chi connectivity index (χ0n) is 16.1. The minimum atomic E-state index is 0.237. The molecule has 1 unspecified atom stereocenters. The molecule has 27 heavy (non-hydrogen) atoms. The molecular formula is C20H29N5O2. The molecule has 0 radical (unpaired) electrons. The summed E-state index contributed by atoms with van der Waals surface area (Å²) in [5.41, 5.74) is 1.14. The zero-order valence-corrected chi connectivity index (χ0v) is 16.1. The van der Waals surface area contributed by atoms with Gasteiger partial charge in [-0.2, -0.15) is 0 Å². The highest BCUT2D eigenvalue weighted by Gasteiger charge is 2.17. The molecule has 1 saturated heterocycles. The molecule has 7 heteroatoms. The highest BCUT2D eigenvalue weighted by molar-refractivity contribution is 5.79. The van der Waals surface area contributed by atoms with E-state index in [9.17, 15) is 0 Å². The molecule has 3 rings (SSSR count). The Balaban J connectivity index is 1.57. The SMILES string of the molecule is CCNC(=NCc1ccnc(N2CCOC(C)C2)c1)NCCc1ccco1. The van der Waals surface area contributed by atoms with Gasteiger partial charge < -0.3 is 24.7 Å². The summed E-state index contributed by atoms with van der Waals surface area (Å²) in [4.78, 5) is 11.5. The standard InChI is InChI=1S/C20H29N5O2/c1-3-21-20(23-9-7-18-5-4-11-27-18)24-14-17-6-8-22-19(13-17)25-10-12-26-16(2)15-25/h4-6,8,11,13,16H,3,7,9-10,12,14-15H2,1-2H3,(H2,21,23,24). The van der Waals surface area contributed by atoms with Gasteiger partial charge >= 0.3 is 0 Å². The fraction of sp³-hybridized carbons (Fsp3) is 0.500. The third kappa shape index (κ3) is 5.99. The van der Waals surface area contributed by atoms with Gasteiger partial charge in [-0.1, -0.05) is 0 Å². The number of hydrogen-bond acceptors (Lipinski definition) is 5. The van der Waals surface area contributed by atoms with Gasteiger partial charge in [-0.05, 0) is 43.7 Å². The van der Waals surface area contributed by atoms with Gasteiger partial charge in [-0.15, -0.1) is 0 Å². The number of furan rings is 1. The molecule has 0 amide bonds. The average molecular weight is 371 g/mol. The Kier molecular flexibility index (Phi) is 7.10. The van der Waals surface area contributed by atoms with E-state index >= 15 is 0 Å². The maximum Gasteiger partial charge on any atom is 0.191 e. The van der Waals surface area contributed by atoms with Crippen LogP contribution in [-0.4, -0.2) is 49.8 Å². The highest BCUT2D eigenvalue weighted by Crippen LogP contribution is 2.16. The molecule has 1 aliphatic rings. The molecule has 3 heterocycles. The number of anilines is 1. The van der Waals surface area contributed by atoms with Gasteiger partial charge in [0.1, 0.15) is 11.6 Å². The average Bonchev–Trinajstić information content (AvgIpc) is 3.20. The number of nitrogens with zero attached hydrogens (tertiary/aromatic N) is 3. The summed E-state index contributed by atoms with van der Waals surface area (Å²) in [6, 6.07) is 8.03. The topological polar surface area (TPSA) is 74.9 Å². The maximum atomic E-state index is 5.62. The van der Waals surface area contributed by atoms with Crippen molar-refractivity contribution in [2.45, 2.75) is 32.9 Å². The van der Waals surface area contributed by atoms with Gasteiger partial charge in [-0.25, -0.2) is 9.98 Å². The molecule has 0 aliphatic carbocycles. The molecule has 0 aromatic carbocycles. The minimum absolute atomic E-state index is 0.237. The third-order valence-corrected chi connectivity index (χ3v) is 4.38. The van der Waals surface area contributed by atoms with E-state index in [2.05, 4.69) is 40.4 Å². The van der Waals surface area contributed by atoms with Gasteiger partial charge in [0, 0.05) is 38.8 Å². The second-order valence-electron chi connectivity index (χ2n) is 6.60. The van der Waals surface area contributed by atoms with Crippen molar-refractivity contribution < 1.29 is 9.15 Å². The van der Waals surface area contributed by atoms with Crippen molar-refractivity contribution in [2.75, 3.05) is 37.7 Å². The molecule has 146 valence electrons. The third-order valence-electron chi connectivity index (χ3n) is 4.38. The van der Waals surface area contributed by atoms with Gasteiger partial charge in [0.2, 0.25) is 0 Å². The van der Waals surface area contributed by atoms with Crippen molar-refractivity contribution in [1.82, 2.24) is 15.6 Å². The molecule has 0 saturated carbocycles. The van der Waals surface area contributed by atoms with E-state index in [0.717, 1.165) is 62.3 Å². The first kappa shape index (κ1) is 19.2. The molecule has 1 aliphatic heterocycles. The van der Waals surface area contributed by atoms with Crippen LogP contribution in [0.25, 0.3) is 0 Å². The Bertz CT molecular complexity index is 717. The van der Waals surface area contributed by atoms with Crippen LogP contribution in [-0.2, 0) is 17.7 Å². The number of guanidine groups is 1. The van der Waals surface area contributed by atoms with Crippen LogP contribution in [0, 0.1) is 0 Å². The Morgan fingerprint density at radius 1 is 1.37 bits per heavy atom. The second-order valence-corrected chi connectivity index (χ2v) is 6.60. The maximum absolute atomic E-state index is 5.62. The predicted molar refractivity (Wildman–Crippen MR) is 107 cm³/mol. The van der Waals surface area contributed by atoms with Crippen molar-refractivity contribution in [1.29, 1.82) is 0 Å². The number of ether oxygens (including phenoxy) is 1. The second kappa shape index (κ2) is 9.97. The van der Waals surface area contributed by atoms with Crippen molar-refractivity contribution in [3.63, 3.8) is 0 Å². The zero-order chi connectivity index (χ0) is 18.9. The van der Waals surface area contributed by atoms with Crippen molar-refractivity contribution >= 4 is 11.8 Å². The Labute approximate surface area is 160 Å². The lowest BCUT2D eigenvalue weighted by molar-refractivity contribution is 0.0529. The van der Waals surface area contributed by atoms with Gasteiger partial charge in [0.05, 0.1) is 25.5 Å². The molecule has 1 atom stereocenters. The quantitative estimate of drug-likeness (QED) is 0.574. The van der Waals surface area contributed by atoms with Crippen LogP contribution in [0.3, 0.4) is 0 Å². The first-order chi connectivity index (χ1) is 13.2. The summed E-state index contributed by atoms with van der Waals surface area (Å²) in [6.07, 6.45) is 4.62. The van der Waals surface area contributed by atoms with Crippen LogP contribution in [0.5, 0.6) is 0 Å². The molecule has 1 fully saturated rings. The van der Waals surface area contributed by atoms with Crippen LogP contribution < -0.4 is 15.5 Å². The first-order valence-corrected chi connectivity index (χ1v) is 9.60. The van der Waals surface area contributed by atoms with E-state index in [1.165, 1.54) is 0 Å². The number of aromatic nitrogens is 1. The lowest BCUT2D eigenvalue weighted by Gasteiger charge is -2.32. The summed E-state index contributed by atoms with van der Waals surface area (Å²) in [5.74, 6) is 2.77. The van der Waals surface area contributed by atoms with Crippen molar-refractivity contribution in [3.05, 3.63) is 48.0 Å². The smallest absolute Gasteiger partial charge is 0.191 e. The van der Waals surface area contributed by atoms with Crippen LogP contribution in [0.15, 0.2) is 46.1 Å². The largest absolute Gasteiger partial charge is 0.469 e. The summed E-state index contributed by atoms with van der Waals surface area (Å²) in [5, 5.41) is 6.63. The van der Waals surface area contributed by atoms with E-state index in [4.69, 9.17) is 14.1 Å². The predicted octanol–water partition coefficient (Wildman–Crippen LogP) is 2.20. The van der Waals surface area contributed by atoms with Gasteiger partial charge in [-0.3, -0.25) is 0 Å². The number of aliphatic imine (C=N–C) groups is 1. The van der Waals surface area contributed by atoms with Crippen molar-refractivity contribution in [3.8, 4) is 0 Å². The summed E-state index contributed by atoms with van der Waals surface area (Å²) >= 11 is 0. The lowest BCUT2D eigenvalue weighted by atomic mass is 10.2. The normalized spacial score (nSPS) is 17.8. The van der Waals surface area contributed by atoms with Crippen LogP contribution in [0.2, 0.25) is 0 Å². The summed E-state index contributed by atoms with van der Waals surface area (Å²) < 4.78 is 11.0. The van der Waals surface area contributed by atoms with E-state index in [1.54, 1.807) is 6.26 Å². The molecule has 2 N–H and O–H groups in total. The molecule has 2 aromatic heterocycles. The van der Waals surface area contributed by atoms with E-state index < -0.39 is 0 Å². The number of nitrogens with one attached hydrogen (secondary N) is 2. The Hall–Kier alpha value is -2.54. The van der Waals surface area contributed by atoms with E-state index in [1.807, 2.05) is 24.4 Å². The molecule has 7 nitrogen and oxygen atoms in total. The summed E-state index contributed by atoms with van der Waals surface area (Å²) in [7, 11) is 0. The van der Waals surface area contributed by atoms with E-state index in [0.29, 0.717) is 6.54 Å². The fourth-order valence-electron chi connectivity index (χ4n) is 3.03. The molecule has 0 spiro atoms. The number of morpholine rings is 1. The van der Waals surface area contributed by atoms with Gasteiger partial charge in [0.15, 0.2) is 5.96 Å². The lowest BCUT2D eigenvalue weighted by Crippen LogP contribution is -2.41. The van der Waals surface area contributed by atoms with Crippen LogP contribution in [0.4, 0.5) is 5.82 Å². The molecule has 2 aromatic rings. The Morgan fingerprint density at radius 2 is 2.30 bits per heavy atom. The van der Waals surface area contributed by atoms with E-state index in [-0.39, 0.29) is 6.10 Å². The number of rotatable bonds is 7. The number of hydrogen-bond donors (Lipinski definition) is 2. The first-order valence-electron chi connectivity index (χ1n) is 9.60.